The normalized spacial score (nSPS) is 20.5. The molecule has 13 heavy (non-hydrogen) atoms. The van der Waals surface area contributed by atoms with E-state index in [0.29, 0.717) is 0 Å². The first-order valence-corrected chi connectivity index (χ1v) is 7.56. The summed E-state index contributed by atoms with van der Waals surface area (Å²) in [5, 5.41) is 0. The van der Waals surface area contributed by atoms with E-state index in [-0.39, 0.29) is 0 Å². The Labute approximate surface area is 84.7 Å². The molecule has 0 N–H and O–H groups in total. The topological polar surface area (TPSA) is 27.7 Å². The number of hydrogen-bond acceptors (Lipinski definition) is 3. The van der Waals surface area contributed by atoms with Crippen molar-refractivity contribution >= 4 is 19.3 Å². The van der Waals surface area contributed by atoms with Crippen molar-refractivity contribution in [2.75, 3.05) is 14.2 Å². The highest BCUT2D eigenvalue weighted by atomic mass is 28.4. The second kappa shape index (κ2) is 6.72. The lowest BCUT2D eigenvalue weighted by Gasteiger charge is -2.21. The van der Waals surface area contributed by atoms with Gasteiger partial charge in [-0.15, -0.1) is 0 Å². The van der Waals surface area contributed by atoms with Crippen LogP contribution in [0.3, 0.4) is 0 Å². The highest BCUT2D eigenvalue weighted by molar-refractivity contribution is 6.48. The van der Waals surface area contributed by atoms with Gasteiger partial charge in [0.1, 0.15) is 0 Å². The van der Waals surface area contributed by atoms with E-state index in [1.54, 1.807) is 14.2 Å². The van der Waals surface area contributed by atoms with E-state index in [1.807, 2.05) is 0 Å². The molecular formula is C8H19O3Si2. The van der Waals surface area contributed by atoms with E-state index >= 15 is 0 Å². The van der Waals surface area contributed by atoms with Crippen molar-refractivity contribution in [2.45, 2.75) is 37.6 Å². The van der Waals surface area contributed by atoms with Crippen LogP contribution < -0.4 is 0 Å². The quantitative estimate of drug-likeness (QED) is 0.649. The molecule has 1 saturated carbocycles. The van der Waals surface area contributed by atoms with E-state index in [2.05, 4.69) is 0 Å². The van der Waals surface area contributed by atoms with Crippen LogP contribution in [0.25, 0.3) is 0 Å². The average molecular weight is 219 g/mol. The fourth-order valence-corrected chi connectivity index (χ4v) is 5.25. The minimum atomic E-state index is -1.36. The van der Waals surface area contributed by atoms with Crippen molar-refractivity contribution in [2.24, 2.45) is 0 Å². The zero-order valence-electron chi connectivity index (χ0n) is 8.54. The molecule has 0 heterocycles. The summed E-state index contributed by atoms with van der Waals surface area (Å²) in [5.74, 6) is 0. The second-order valence-electron chi connectivity index (χ2n) is 3.47. The lowest BCUT2D eigenvalue weighted by Crippen LogP contribution is -2.28. The highest BCUT2D eigenvalue weighted by Gasteiger charge is 2.20. The van der Waals surface area contributed by atoms with Gasteiger partial charge in [0.15, 0.2) is 9.76 Å². The molecule has 0 bridgehead atoms. The molecule has 0 aromatic heterocycles. The Hall–Kier alpha value is 0.314. The van der Waals surface area contributed by atoms with Crippen molar-refractivity contribution in [3.8, 4) is 0 Å². The van der Waals surface area contributed by atoms with Gasteiger partial charge in [-0.25, -0.2) is 0 Å². The summed E-state index contributed by atoms with van der Waals surface area (Å²) in [5.41, 5.74) is 0.874. The Kier molecular flexibility index (Phi) is 5.89. The van der Waals surface area contributed by atoms with Crippen LogP contribution in [0.5, 0.6) is 0 Å². The number of hydrogen-bond donors (Lipinski definition) is 0. The zero-order chi connectivity index (χ0) is 9.52. The first-order chi connectivity index (χ1) is 6.36. The molecule has 3 nitrogen and oxygen atoms in total. The Morgan fingerprint density at radius 1 is 1.08 bits per heavy atom. The Bertz CT molecular complexity index is 125. The summed E-state index contributed by atoms with van der Waals surface area (Å²) in [6.07, 6.45) is 6.94. The van der Waals surface area contributed by atoms with Crippen molar-refractivity contribution in [3.63, 3.8) is 0 Å². The molecule has 0 atom stereocenters. The Morgan fingerprint density at radius 3 is 2.23 bits per heavy atom. The largest absolute Gasteiger partial charge is 0.565 e. The van der Waals surface area contributed by atoms with Gasteiger partial charge in [0, 0.05) is 14.2 Å². The van der Waals surface area contributed by atoms with Crippen LogP contribution in [-0.4, -0.2) is 33.5 Å². The molecular weight excluding hydrogens is 200 g/mol. The predicted octanol–water partition coefficient (Wildman–Crippen LogP) is 1.12. The van der Waals surface area contributed by atoms with Gasteiger partial charge >= 0.3 is 9.53 Å². The maximum Gasteiger partial charge on any atom is 0.565 e. The molecule has 5 heteroatoms. The van der Waals surface area contributed by atoms with Crippen molar-refractivity contribution in [1.82, 2.24) is 0 Å². The maximum absolute atomic E-state index is 5.68. The third-order valence-corrected chi connectivity index (χ3v) is 6.06. The van der Waals surface area contributed by atoms with E-state index in [1.165, 1.54) is 32.1 Å². The first-order valence-electron chi connectivity index (χ1n) is 4.94. The molecule has 0 saturated heterocycles. The van der Waals surface area contributed by atoms with Gasteiger partial charge in [-0.2, -0.15) is 0 Å². The summed E-state index contributed by atoms with van der Waals surface area (Å²) in [4.78, 5) is 0. The zero-order valence-corrected chi connectivity index (χ0v) is 11.0. The van der Waals surface area contributed by atoms with Crippen LogP contribution in [0.1, 0.15) is 32.1 Å². The van der Waals surface area contributed by atoms with Gasteiger partial charge in [0.05, 0.1) is 0 Å². The van der Waals surface area contributed by atoms with E-state index in [0.717, 1.165) is 5.54 Å². The summed E-state index contributed by atoms with van der Waals surface area (Å²) in [7, 11) is 1.55. The summed E-state index contributed by atoms with van der Waals surface area (Å²) >= 11 is 0. The van der Waals surface area contributed by atoms with Crippen molar-refractivity contribution in [3.05, 3.63) is 0 Å². The first kappa shape index (κ1) is 11.4. The van der Waals surface area contributed by atoms with Gasteiger partial charge in [-0.05, 0) is 5.54 Å². The summed E-state index contributed by atoms with van der Waals surface area (Å²) in [6.45, 7) is 0. The van der Waals surface area contributed by atoms with Gasteiger partial charge < -0.3 is 13.0 Å². The fraction of sp³-hybridized carbons (Fsp3) is 1.00. The van der Waals surface area contributed by atoms with Crippen LogP contribution in [0.2, 0.25) is 5.54 Å². The maximum atomic E-state index is 5.68. The molecule has 1 fully saturated rings. The molecule has 77 valence electrons. The van der Waals surface area contributed by atoms with Crippen molar-refractivity contribution < 1.29 is 13.0 Å². The predicted molar refractivity (Wildman–Crippen MR) is 56.2 cm³/mol. The van der Waals surface area contributed by atoms with Gasteiger partial charge in [-0.3, -0.25) is 0 Å². The Balaban J connectivity index is 2.09. The van der Waals surface area contributed by atoms with Gasteiger partial charge in [-0.1, -0.05) is 32.1 Å². The average Bonchev–Trinajstić information content (AvgIpc) is 2.21. The standard InChI is InChI=1S/C8H19O3Si2/c1-9-13(10-2)11-12-8-6-4-3-5-7-8/h8H,3-7,12H2,1-2H3. The SMILES string of the molecule is CO[Si](OC)O[SiH2]C1CCCCC1. The molecule has 0 aliphatic heterocycles. The molecule has 0 aromatic carbocycles. The molecule has 1 radical (unpaired) electrons. The molecule has 0 unspecified atom stereocenters. The van der Waals surface area contributed by atoms with Gasteiger partial charge in [0.2, 0.25) is 0 Å². The van der Waals surface area contributed by atoms with E-state index in [9.17, 15) is 0 Å². The van der Waals surface area contributed by atoms with Crippen LogP contribution in [0.4, 0.5) is 0 Å². The third-order valence-electron chi connectivity index (χ3n) is 2.49. The monoisotopic (exact) mass is 219 g/mol. The third kappa shape index (κ3) is 4.37. The van der Waals surface area contributed by atoms with Crippen LogP contribution in [0, 0.1) is 0 Å². The molecule has 0 aromatic rings. The minimum absolute atomic E-state index is 0.409. The molecule has 1 rings (SSSR count). The molecule has 1 aliphatic rings. The van der Waals surface area contributed by atoms with Crippen LogP contribution in [0.15, 0.2) is 0 Å². The Morgan fingerprint density at radius 2 is 1.69 bits per heavy atom. The highest BCUT2D eigenvalue weighted by Crippen LogP contribution is 2.27. The molecule has 0 spiro atoms. The lowest BCUT2D eigenvalue weighted by atomic mass is 10.0. The minimum Gasteiger partial charge on any atom is -0.419 e. The number of rotatable bonds is 5. The van der Waals surface area contributed by atoms with E-state index < -0.39 is 19.3 Å². The summed E-state index contributed by atoms with van der Waals surface area (Å²) in [6, 6.07) is 0. The van der Waals surface area contributed by atoms with Gasteiger partial charge in [0.25, 0.3) is 0 Å². The molecule has 0 amide bonds. The summed E-state index contributed by atoms with van der Waals surface area (Å²) < 4.78 is 15.8. The van der Waals surface area contributed by atoms with Crippen molar-refractivity contribution in [1.29, 1.82) is 0 Å². The van der Waals surface area contributed by atoms with E-state index in [4.69, 9.17) is 13.0 Å². The van der Waals surface area contributed by atoms with Crippen LogP contribution >= 0.6 is 0 Å². The molecule has 1 aliphatic carbocycles. The van der Waals surface area contributed by atoms with Crippen LogP contribution in [-0.2, 0) is 13.0 Å². The second-order valence-corrected chi connectivity index (χ2v) is 7.43. The fourth-order valence-electron chi connectivity index (χ4n) is 1.74. The lowest BCUT2D eigenvalue weighted by molar-refractivity contribution is 0.202. The smallest absolute Gasteiger partial charge is 0.419 e.